The lowest BCUT2D eigenvalue weighted by atomic mass is 10.2. The zero-order valence-electron chi connectivity index (χ0n) is 16.8. The van der Waals surface area contributed by atoms with Crippen LogP contribution < -0.4 is 16.0 Å². The van der Waals surface area contributed by atoms with E-state index in [-0.39, 0.29) is 23.6 Å². The summed E-state index contributed by atoms with van der Waals surface area (Å²) in [7, 11) is 1.72. The van der Waals surface area contributed by atoms with Crippen molar-refractivity contribution in [2.75, 3.05) is 25.5 Å². The molecule has 1 aromatic carbocycles. The molecule has 1 aliphatic heterocycles. The smallest absolute Gasteiger partial charge is 0.291 e. The average Bonchev–Trinajstić information content (AvgIpc) is 3.43. The maximum atomic E-state index is 12.1. The van der Waals surface area contributed by atoms with E-state index in [1.807, 2.05) is 36.1 Å². The van der Waals surface area contributed by atoms with Crippen molar-refractivity contribution >= 4 is 23.5 Å². The van der Waals surface area contributed by atoms with Gasteiger partial charge in [0.25, 0.3) is 5.91 Å². The molecule has 2 heterocycles. The maximum absolute atomic E-state index is 12.1. The number of furan rings is 1. The lowest BCUT2D eigenvalue weighted by Crippen LogP contribution is -2.44. The van der Waals surface area contributed by atoms with Crippen molar-refractivity contribution in [3.8, 4) is 0 Å². The zero-order chi connectivity index (χ0) is 20.6. The lowest BCUT2D eigenvalue weighted by Gasteiger charge is -2.19. The van der Waals surface area contributed by atoms with Crippen LogP contribution in [-0.2, 0) is 11.3 Å². The largest absolute Gasteiger partial charge is 0.459 e. The molecule has 1 unspecified atom stereocenters. The summed E-state index contributed by atoms with van der Waals surface area (Å²) in [6, 6.07) is 11.1. The second kappa shape index (κ2) is 9.77. The van der Waals surface area contributed by atoms with Gasteiger partial charge in [0.1, 0.15) is 0 Å². The predicted molar refractivity (Wildman–Crippen MR) is 112 cm³/mol. The topological polar surface area (TPSA) is 99.0 Å². The van der Waals surface area contributed by atoms with Gasteiger partial charge in [-0.1, -0.05) is 19.1 Å². The number of hydrogen-bond donors (Lipinski definition) is 3. The number of carbonyl (C=O) groups is 2. The van der Waals surface area contributed by atoms with Gasteiger partial charge in [-0.2, -0.15) is 0 Å². The molecule has 2 aromatic rings. The van der Waals surface area contributed by atoms with Crippen molar-refractivity contribution in [3.63, 3.8) is 0 Å². The van der Waals surface area contributed by atoms with Crippen LogP contribution in [-0.4, -0.2) is 48.9 Å². The molecule has 0 spiro atoms. The molecule has 0 aliphatic carbocycles. The monoisotopic (exact) mass is 397 g/mol. The van der Waals surface area contributed by atoms with E-state index in [1.165, 1.54) is 6.26 Å². The third-order valence-electron chi connectivity index (χ3n) is 4.80. The SMILES string of the molecule is CCC(=O)N1CCC(NC(=NC)NCc2cccc(NC(=O)c3ccco3)c2)C1. The van der Waals surface area contributed by atoms with Crippen molar-refractivity contribution < 1.29 is 14.0 Å². The molecule has 3 N–H and O–H groups in total. The van der Waals surface area contributed by atoms with Gasteiger partial charge in [0.05, 0.1) is 6.26 Å². The normalized spacial score (nSPS) is 16.6. The molecule has 0 bridgehead atoms. The third-order valence-corrected chi connectivity index (χ3v) is 4.80. The van der Waals surface area contributed by atoms with Crippen LogP contribution in [0.1, 0.15) is 35.9 Å². The molecule has 0 radical (unpaired) electrons. The Balaban J connectivity index is 1.51. The zero-order valence-corrected chi connectivity index (χ0v) is 16.8. The minimum atomic E-state index is -0.287. The Hall–Kier alpha value is -3.29. The lowest BCUT2D eigenvalue weighted by molar-refractivity contribution is -0.129. The number of likely N-dealkylation sites (tertiary alicyclic amines) is 1. The van der Waals surface area contributed by atoms with Crippen LogP contribution in [0.2, 0.25) is 0 Å². The second-order valence-corrected chi connectivity index (χ2v) is 6.88. The fourth-order valence-electron chi connectivity index (χ4n) is 3.26. The summed E-state index contributed by atoms with van der Waals surface area (Å²) in [6.45, 7) is 3.91. The quantitative estimate of drug-likeness (QED) is 0.513. The van der Waals surface area contributed by atoms with E-state index in [0.29, 0.717) is 31.2 Å². The van der Waals surface area contributed by atoms with Crippen molar-refractivity contribution in [2.24, 2.45) is 4.99 Å². The molecule has 1 fully saturated rings. The minimum absolute atomic E-state index is 0.186. The van der Waals surface area contributed by atoms with Crippen molar-refractivity contribution in [2.45, 2.75) is 32.4 Å². The number of aliphatic imine (C=N–C) groups is 1. The molecular formula is C21H27N5O3. The van der Waals surface area contributed by atoms with E-state index < -0.39 is 0 Å². The van der Waals surface area contributed by atoms with Gasteiger partial charge >= 0.3 is 0 Å². The van der Waals surface area contributed by atoms with Crippen LogP contribution in [0.4, 0.5) is 5.69 Å². The number of benzene rings is 1. The first kappa shape index (κ1) is 20.4. The highest BCUT2D eigenvalue weighted by Gasteiger charge is 2.25. The molecule has 1 aromatic heterocycles. The fraction of sp³-hybridized carbons (Fsp3) is 0.381. The number of nitrogens with zero attached hydrogens (tertiary/aromatic N) is 2. The van der Waals surface area contributed by atoms with Gasteiger partial charge in [0, 0.05) is 44.8 Å². The van der Waals surface area contributed by atoms with E-state index in [9.17, 15) is 9.59 Å². The van der Waals surface area contributed by atoms with Crippen LogP contribution in [0.5, 0.6) is 0 Å². The minimum Gasteiger partial charge on any atom is -0.459 e. The number of hydrogen-bond acceptors (Lipinski definition) is 4. The maximum Gasteiger partial charge on any atom is 0.291 e. The first-order valence-corrected chi connectivity index (χ1v) is 9.77. The van der Waals surface area contributed by atoms with Crippen LogP contribution in [0, 0.1) is 0 Å². The summed E-state index contributed by atoms with van der Waals surface area (Å²) < 4.78 is 5.11. The molecule has 0 saturated carbocycles. The molecule has 3 rings (SSSR count). The summed E-state index contributed by atoms with van der Waals surface area (Å²) in [5, 5.41) is 9.48. The second-order valence-electron chi connectivity index (χ2n) is 6.88. The highest BCUT2D eigenvalue weighted by atomic mass is 16.3. The van der Waals surface area contributed by atoms with E-state index >= 15 is 0 Å². The Morgan fingerprint density at radius 1 is 1.28 bits per heavy atom. The van der Waals surface area contributed by atoms with E-state index in [0.717, 1.165) is 18.5 Å². The van der Waals surface area contributed by atoms with Crippen LogP contribution in [0.15, 0.2) is 52.1 Å². The Bertz CT molecular complexity index is 863. The van der Waals surface area contributed by atoms with Gasteiger partial charge in [-0.15, -0.1) is 0 Å². The van der Waals surface area contributed by atoms with Crippen LogP contribution in [0.3, 0.4) is 0 Å². The Morgan fingerprint density at radius 3 is 2.86 bits per heavy atom. The van der Waals surface area contributed by atoms with Crippen LogP contribution >= 0.6 is 0 Å². The van der Waals surface area contributed by atoms with Crippen LogP contribution in [0.25, 0.3) is 0 Å². The predicted octanol–water partition coefficient (Wildman–Crippen LogP) is 2.21. The van der Waals surface area contributed by atoms with E-state index in [4.69, 9.17) is 4.42 Å². The Kier molecular flexibility index (Phi) is 6.89. The first-order chi connectivity index (χ1) is 14.1. The summed E-state index contributed by atoms with van der Waals surface area (Å²) in [6.07, 6.45) is 2.91. The number of nitrogens with one attached hydrogen (secondary N) is 3. The van der Waals surface area contributed by atoms with E-state index in [2.05, 4.69) is 20.9 Å². The van der Waals surface area contributed by atoms with Crippen molar-refractivity contribution in [3.05, 3.63) is 54.0 Å². The molecule has 8 heteroatoms. The molecule has 8 nitrogen and oxygen atoms in total. The van der Waals surface area contributed by atoms with Gasteiger partial charge in [-0.3, -0.25) is 14.6 Å². The molecule has 154 valence electrons. The molecule has 29 heavy (non-hydrogen) atoms. The van der Waals surface area contributed by atoms with Gasteiger partial charge in [0.2, 0.25) is 5.91 Å². The Morgan fingerprint density at radius 2 is 2.14 bits per heavy atom. The van der Waals surface area contributed by atoms with Gasteiger partial charge < -0.3 is 25.3 Å². The molecule has 1 saturated heterocycles. The number of amides is 2. The highest BCUT2D eigenvalue weighted by molar-refractivity contribution is 6.02. The van der Waals surface area contributed by atoms with Gasteiger partial charge in [-0.25, -0.2) is 0 Å². The number of anilines is 1. The summed E-state index contributed by atoms with van der Waals surface area (Å²) >= 11 is 0. The first-order valence-electron chi connectivity index (χ1n) is 9.77. The molecular weight excluding hydrogens is 370 g/mol. The highest BCUT2D eigenvalue weighted by Crippen LogP contribution is 2.13. The summed E-state index contributed by atoms with van der Waals surface area (Å²) in [4.78, 5) is 30.1. The standard InChI is InChI=1S/C21H27N5O3/c1-3-19(27)26-10-9-17(14-26)25-21(22-2)23-13-15-6-4-7-16(12-15)24-20(28)18-8-5-11-29-18/h4-8,11-12,17H,3,9-10,13-14H2,1-2H3,(H,24,28)(H2,22,23,25). The summed E-state index contributed by atoms with van der Waals surface area (Å²) in [5.41, 5.74) is 1.69. The van der Waals surface area contributed by atoms with E-state index in [1.54, 1.807) is 19.2 Å². The Labute approximate surface area is 170 Å². The summed E-state index contributed by atoms with van der Waals surface area (Å²) in [5.74, 6) is 0.853. The van der Waals surface area contributed by atoms with Crippen molar-refractivity contribution in [1.82, 2.24) is 15.5 Å². The van der Waals surface area contributed by atoms with Gasteiger partial charge in [-0.05, 0) is 36.2 Å². The number of rotatable bonds is 6. The number of guanidine groups is 1. The van der Waals surface area contributed by atoms with Crippen molar-refractivity contribution in [1.29, 1.82) is 0 Å². The third kappa shape index (κ3) is 5.60. The molecule has 1 aliphatic rings. The molecule has 1 atom stereocenters. The number of carbonyl (C=O) groups excluding carboxylic acids is 2. The van der Waals surface area contributed by atoms with Gasteiger partial charge in [0.15, 0.2) is 11.7 Å². The fourth-order valence-corrected chi connectivity index (χ4v) is 3.26. The average molecular weight is 397 g/mol. The molecule has 2 amide bonds.